The Morgan fingerprint density at radius 2 is 2.00 bits per heavy atom. The lowest BCUT2D eigenvalue weighted by atomic mass is 9.99. The van der Waals surface area contributed by atoms with Crippen molar-refractivity contribution in [3.05, 3.63) is 52.3 Å². The molecule has 0 spiro atoms. The van der Waals surface area contributed by atoms with Gasteiger partial charge in [0.25, 0.3) is 5.91 Å². The molecule has 0 aliphatic heterocycles. The summed E-state index contributed by atoms with van der Waals surface area (Å²) in [4.78, 5) is 23.5. The van der Waals surface area contributed by atoms with E-state index in [9.17, 15) is 14.7 Å². The molecule has 2 rings (SSSR count). The van der Waals surface area contributed by atoms with Gasteiger partial charge in [0, 0.05) is 13.6 Å². The van der Waals surface area contributed by atoms with Crippen LogP contribution in [-0.4, -0.2) is 33.3 Å². The average molecular weight is 322 g/mol. The highest BCUT2D eigenvalue weighted by Gasteiger charge is 2.23. The number of carbonyl (C=O) groups excluding carboxylic acids is 1. The summed E-state index contributed by atoms with van der Waals surface area (Å²) >= 11 is 6.04. The molecule has 0 saturated heterocycles. The summed E-state index contributed by atoms with van der Waals surface area (Å²) in [5.41, 5.74) is 1.39. The zero-order chi connectivity index (χ0) is 16.3. The van der Waals surface area contributed by atoms with E-state index in [1.165, 1.54) is 4.68 Å². The molecule has 2 N–H and O–H groups in total. The van der Waals surface area contributed by atoms with Gasteiger partial charge < -0.3 is 10.4 Å². The maximum atomic E-state index is 12.1. The molecule has 116 valence electrons. The Bertz CT molecular complexity index is 698. The molecule has 1 amide bonds. The highest BCUT2D eigenvalue weighted by molar-refractivity contribution is 6.34. The van der Waals surface area contributed by atoms with E-state index in [4.69, 9.17) is 11.6 Å². The van der Waals surface area contributed by atoms with Crippen molar-refractivity contribution in [1.29, 1.82) is 0 Å². The number of hydrogen-bond donors (Lipinski definition) is 2. The molecule has 0 aliphatic carbocycles. The third-order valence-corrected chi connectivity index (χ3v) is 3.90. The highest BCUT2D eigenvalue weighted by Crippen LogP contribution is 2.20. The van der Waals surface area contributed by atoms with E-state index in [2.05, 4.69) is 10.4 Å². The van der Waals surface area contributed by atoms with Gasteiger partial charge in [0.15, 0.2) is 5.69 Å². The standard InChI is InChI=1S/C15H16ClN3O3/c1-9-12(16)13(18-19(9)2)14(20)17-8-11(15(21)22)10-6-4-3-5-7-10/h3-7,11H,8H2,1-2H3,(H,17,20)(H,21,22). The minimum atomic E-state index is -1.00. The van der Waals surface area contributed by atoms with Gasteiger partial charge in [-0.25, -0.2) is 0 Å². The molecule has 1 aromatic carbocycles. The molecule has 1 unspecified atom stereocenters. The lowest BCUT2D eigenvalue weighted by molar-refractivity contribution is -0.138. The fourth-order valence-electron chi connectivity index (χ4n) is 2.04. The van der Waals surface area contributed by atoms with Crippen LogP contribution < -0.4 is 5.32 Å². The average Bonchev–Trinajstić information content (AvgIpc) is 2.76. The number of aliphatic carboxylic acids is 1. The van der Waals surface area contributed by atoms with E-state index in [-0.39, 0.29) is 17.3 Å². The number of nitrogens with zero attached hydrogens (tertiary/aromatic N) is 2. The molecule has 0 bridgehead atoms. The Balaban J connectivity index is 2.11. The molecule has 1 aromatic heterocycles. The summed E-state index contributed by atoms with van der Waals surface area (Å²) in [7, 11) is 1.68. The van der Waals surface area contributed by atoms with Crippen molar-refractivity contribution < 1.29 is 14.7 Å². The molecule has 0 saturated carbocycles. The summed E-state index contributed by atoms with van der Waals surface area (Å²) in [5.74, 6) is -2.32. The van der Waals surface area contributed by atoms with Crippen molar-refractivity contribution in [2.24, 2.45) is 7.05 Å². The Morgan fingerprint density at radius 1 is 1.36 bits per heavy atom. The first-order valence-corrected chi connectivity index (χ1v) is 7.04. The zero-order valence-corrected chi connectivity index (χ0v) is 13.0. The summed E-state index contributed by atoms with van der Waals surface area (Å²) in [5, 5.41) is 16.2. The predicted octanol–water partition coefficient (Wildman–Crippen LogP) is 1.98. The van der Waals surface area contributed by atoms with Crippen LogP contribution >= 0.6 is 11.6 Å². The van der Waals surface area contributed by atoms with Gasteiger partial charge in [-0.2, -0.15) is 5.10 Å². The molecule has 1 heterocycles. The first-order valence-electron chi connectivity index (χ1n) is 6.67. The number of rotatable bonds is 5. The fourth-order valence-corrected chi connectivity index (χ4v) is 2.28. The van der Waals surface area contributed by atoms with Crippen LogP contribution in [0.25, 0.3) is 0 Å². The maximum Gasteiger partial charge on any atom is 0.312 e. The minimum absolute atomic E-state index is 0.0376. The Kier molecular flexibility index (Phi) is 4.82. The number of benzene rings is 1. The zero-order valence-electron chi connectivity index (χ0n) is 12.2. The van der Waals surface area contributed by atoms with Crippen molar-refractivity contribution in [3.8, 4) is 0 Å². The van der Waals surface area contributed by atoms with Crippen LogP contribution in [0.1, 0.15) is 27.7 Å². The molecule has 7 heteroatoms. The smallest absolute Gasteiger partial charge is 0.312 e. The van der Waals surface area contributed by atoms with E-state index in [0.717, 1.165) is 0 Å². The molecule has 2 aromatic rings. The molecular formula is C15H16ClN3O3. The van der Waals surface area contributed by atoms with Gasteiger partial charge in [0.2, 0.25) is 0 Å². The number of nitrogens with one attached hydrogen (secondary N) is 1. The Morgan fingerprint density at radius 3 is 2.50 bits per heavy atom. The lowest BCUT2D eigenvalue weighted by Crippen LogP contribution is -2.32. The molecule has 0 aliphatic rings. The molecular weight excluding hydrogens is 306 g/mol. The van der Waals surface area contributed by atoms with Crippen LogP contribution in [0.5, 0.6) is 0 Å². The third kappa shape index (κ3) is 3.28. The van der Waals surface area contributed by atoms with Gasteiger partial charge >= 0.3 is 5.97 Å². The van der Waals surface area contributed by atoms with Crippen molar-refractivity contribution in [2.75, 3.05) is 6.54 Å². The number of aryl methyl sites for hydroxylation is 1. The van der Waals surface area contributed by atoms with Gasteiger partial charge in [-0.1, -0.05) is 41.9 Å². The van der Waals surface area contributed by atoms with E-state index < -0.39 is 17.8 Å². The third-order valence-electron chi connectivity index (χ3n) is 3.44. The van der Waals surface area contributed by atoms with E-state index in [1.54, 1.807) is 44.3 Å². The second-order valence-electron chi connectivity index (χ2n) is 4.88. The summed E-state index contributed by atoms with van der Waals surface area (Å²) in [6, 6.07) is 8.74. The van der Waals surface area contributed by atoms with E-state index in [1.807, 2.05) is 0 Å². The van der Waals surface area contributed by atoms with Gasteiger partial charge in [0.05, 0.1) is 16.6 Å². The molecule has 0 radical (unpaired) electrons. The van der Waals surface area contributed by atoms with Crippen molar-refractivity contribution in [1.82, 2.24) is 15.1 Å². The number of carboxylic acid groups (broad SMARTS) is 1. The number of carboxylic acids is 1. The first-order chi connectivity index (χ1) is 10.4. The van der Waals surface area contributed by atoms with Crippen LogP contribution in [0.15, 0.2) is 30.3 Å². The minimum Gasteiger partial charge on any atom is -0.481 e. The molecule has 22 heavy (non-hydrogen) atoms. The monoisotopic (exact) mass is 321 g/mol. The number of amides is 1. The van der Waals surface area contributed by atoms with Crippen molar-refractivity contribution in [2.45, 2.75) is 12.8 Å². The predicted molar refractivity (Wildman–Crippen MR) is 82.1 cm³/mol. The number of hydrogen-bond acceptors (Lipinski definition) is 3. The second kappa shape index (κ2) is 6.62. The molecule has 1 atom stereocenters. The molecule has 0 fully saturated rings. The quantitative estimate of drug-likeness (QED) is 0.882. The lowest BCUT2D eigenvalue weighted by Gasteiger charge is -2.13. The number of carbonyl (C=O) groups is 2. The van der Waals surface area contributed by atoms with E-state index >= 15 is 0 Å². The highest BCUT2D eigenvalue weighted by atomic mass is 35.5. The Hall–Kier alpha value is -2.34. The van der Waals surface area contributed by atoms with Gasteiger partial charge in [-0.3, -0.25) is 14.3 Å². The van der Waals surface area contributed by atoms with Crippen molar-refractivity contribution in [3.63, 3.8) is 0 Å². The number of aromatic nitrogens is 2. The summed E-state index contributed by atoms with van der Waals surface area (Å²) < 4.78 is 1.50. The van der Waals surface area contributed by atoms with E-state index in [0.29, 0.717) is 11.3 Å². The second-order valence-corrected chi connectivity index (χ2v) is 5.26. The van der Waals surface area contributed by atoms with Crippen LogP contribution in [0.4, 0.5) is 0 Å². The van der Waals surface area contributed by atoms with Gasteiger partial charge in [-0.05, 0) is 12.5 Å². The SMILES string of the molecule is Cc1c(Cl)c(C(=O)NCC(C(=O)O)c2ccccc2)nn1C. The van der Waals surface area contributed by atoms with Crippen LogP contribution in [0.3, 0.4) is 0 Å². The largest absolute Gasteiger partial charge is 0.481 e. The van der Waals surface area contributed by atoms with Crippen LogP contribution in [0, 0.1) is 6.92 Å². The van der Waals surface area contributed by atoms with Gasteiger partial charge in [0.1, 0.15) is 0 Å². The maximum absolute atomic E-state index is 12.1. The summed E-state index contributed by atoms with van der Waals surface area (Å²) in [6.45, 7) is 1.71. The van der Waals surface area contributed by atoms with Crippen molar-refractivity contribution >= 4 is 23.5 Å². The molecule has 6 nitrogen and oxygen atoms in total. The van der Waals surface area contributed by atoms with Crippen LogP contribution in [-0.2, 0) is 11.8 Å². The van der Waals surface area contributed by atoms with Gasteiger partial charge in [-0.15, -0.1) is 0 Å². The first kappa shape index (κ1) is 16.0. The Labute approximate surface area is 132 Å². The van der Waals surface area contributed by atoms with Crippen LogP contribution in [0.2, 0.25) is 5.02 Å². The summed E-state index contributed by atoms with van der Waals surface area (Å²) in [6.07, 6.45) is 0. The fraction of sp³-hybridized carbons (Fsp3) is 0.267. The normalized spacial score (nSPS) is 12.0. The topological polar surface area (TPSA) is 84.2 Å². The number of halogens is 1.